The zero-order valence-electron chi connectivity index (χ0n) is 11.8. The topological polar surface area (TPSA) is 63.4 Å². The van der Waals surface area contributed by atoms with Crippen molar-refractivity contribution in [3.8, 4) is 0 Å². The number of nitrogens with zero attached hydrogens (tertiary/aromatic N) is 2. The number of hydrogen-bond acceptors (Lipinski definition) is 5. The van der Waals surface area contributed by atoms with E-state index in [1.165, 1.54) is 0 Å². The second kappa shape index (κ2) is 8.32. The zero-order valence-corrected chi connectivity index (χ0v) is 12.6. The molecule has 0 spiro atoms. The highest BCUT2D eigenvalue weighted by Crippen LogP contribution is 2.19. The number of aromatic nitrogens is 1. The first-order valence-electron chi connectivity index (χ1n) is 6.47. The van der Waals surface area contributed by atoms with Crippen LogP contribution >= 0.6 is 11.6 Å². The normalized spacial score (nSPS) is 12.7. The average Bonchev–Trinajstić information content (AvgIpc) is 2.44. The van der Waals surface area contributed by atoms with Gasteiger partial charge in [0.1, 0.15) is 5.82 Å². The fourth-order valence-corrected chi connectivity index (χ4v) is 1.96. The van der Waals surface area contributed by atoms with Gasteiger partial charge >= 0.3 is 0 Å². The number of hydrogen-bond donors (Lipinski definition) is 2. The van der Waals surface area contributed by atoms with Gasteiger partial charge in [-0.3, -0.25) is 4.90 Å². The minimum Gasteiger partial charge on any atom is -0.383 e. The number of nitrogens with two attached hydrogens (primary N) is 1. The van der Waals surface area contributed by atoms with Crippen LogP contribution in [-0.4, -0.2) is 36.2 Å². The quantitative estimate of drug-likeness (QED) is 0.567. The molecule has 0 fully saturated rings. The van der Waals surface area contributed by atoms with Crippen LogP contribution in [0.4, 0.5) is 5.82 Å². The Balaban J connectivity index is 2.82. The number of rotatable bonds is 8. The first-order valence-corrected chi connectivity index (χ1v) is 6.85. The van der Waals surface area contributed by atoms with E-state index in [4.69, 9.17) is 22.2 Å². The van der Waals surface area contributed by atoms with Crippen LogP contribution in [0.3, 0.4) is 0 Å². The summed E-state index contributed by atoms with van der Waals surface area (Å²) in [6.07, 6.45) is 1.07. The largest absolute Gasteiger partial charge is 0.383 e. The molecule has 0 aromatic carbocycles. The van der Waals surface area contributed by atoms with E-state index < -0.39 is 0 Å². The summed E-state index contributed by atoms with van der Waals surface area (Å²) in [7, 11) is 1.71. The third-order valence-electron chi connectivity index (χ3n) is 3.22. The minimum absolute atomic E-state index is 0.447. The van der Waals surface area contributed by atoms with Gasteiger partial charge in [-0.05, 0) is 25.5 Å². The number of halogens is 1. The fraction of sp³-hybridized carbons (Fsp3) is 0.615. The highest BCUT2D eigenvalue weighted by atomic mass is 35.5. The molecule has 0 saturated heterocycles. The maximum atomic E-state index is 6.19. The molecule has 1 heterocycles. The summed E-state index contributed by atoms with van der Waals surface area (Å²) in [5.74, 6) is 6.00. The Labute approximate surface area is 120 Å². The van der Waals surface area contributed by atoms with Gasteiger partial charge in [0, 0.05) is 26.2 Å². The number of nitrogens with one attached hydrogen (secondary N) is 1. The van der Waals surface area contributed by atoms with Gasteiger partial charge in [-0.2, -0.15) is 0 Å². The van der Waals surface area contributed by atoms with Crippen LogP contribution < -0.4 is 11.3 Å². The predicted octanol–water partition coefficient (Wildman–Crippen LogP) is 2.27. The summed E-state index contributed by atoms with van der Waals surface area (Å²) >= 11 is 6.19. The molecule has 0 bridgehead atoms. The number of hydrazine groups is 1. The van der Waals surface area contributed by atoms with E-state index in [-0.39, 0.29) is 0 Å². The summed E-state index contributed by atoms with van der Waals surface area (Å²) in [6.45, 7) is 6.58. The van der Waals surface area contributed by atoms with E-state index in [1.807, 2.05) is 6.07 Å². The average molecular weight is 287 g/mol. The van der Waals surface area contributed by atoms with Crippen molar-refractivity contribution < 1.29 is 4.74 Å². The highest BCUT2D eigenvalue weighted by Gasteiger charge is 2.15. The molecule has 6 heteroatoms. The summed E-state index contributed by atoms with van der Waals surface area (Å²) in [6, 6.07) is 4.01. The van der Waals surface area contributed by atoms with Crippen molar-refractivity contribution in [2.45, 2.75) is 32.9 Å². The van der Waals surface area contributed by atoms with Crippen molar-refractivity contribution in [2.24, 2.45) is 5.84 Å². The number of ether oxygens (including phenoxy) is 1. The maximum Gasteiger partial charge on any atom is 0.140 e. The molecule has 1 aromatic rings. The molecule has 0 aliphatic carbocycles. The molecular formula is C13H23ClN4O. The minimum atomic E-state index is 0.447. The third-order valence-corrected chi connectivity index (χ3v) is 3.56. The summed E-state index contributed by atoms with van der Waals surface area (Å²) in [5, 5.41) is 0.657. The second-order valence-electron chi connectivity index (χ2n) is 4.49. The smallest absolute Gasteiger partial charge is 0.140 e. The Morgan fingerprint density at radius 3 is 2.84 bits per heavy atom. The van der Waals surface area contributed by atoms with Crippen molar-refractivity contribution in [3.63, 3.8) is 0 Å². The van der Waals surface area contributed by atoms with Gasteiger partial charge < -0.3 is 10.2 Å². The molecule has 5 nitrogen and oxygen atoms in total. The molecule has 0 aliphatic rings. The van der Waals surface area contributed by atoms with Gasteiger partial charge in [-0.1, -0.05) is 18.5 Å². The van der Waals surface area contributed by atoms with Crippen LogP contribution in [0.2, 0.25) is 5.02 Å². The molecular weight excluding hydrogens is 264 g/mol. The molecule has 1 rings (SSSR count). The Kier molecular flexibility index (Phi) is 7.09. The van der Waals surface area contributed by atoms with Crippen molar-refractivity contribution in [1.82, 2.24) is 9.88 Å². The maximum absolute atomic E-state index is 6.19. The molecule has 0 radical (unpaired) electrons. The summed E-state index contributed by atoms with van der Waals surface area (Å²) < 4.78 is 5.15. The van der Waals surface area contributed by atoms with Gasteiger partial charge in [-0.25, -0.2) is 10.8 Å². The van der Waals surface area contributed by atoms with E-state index in [1.54, 1.807) is 13.2 Å². The number of nitrogen functional groups attached to an aromatic ring is 1. The predicted molar refractivity (Wildman–Crippen MR) is 79.1 cm³/mol. The van der Waals surface area contributed by atoms with E-state index in [2.05, 4.69) is 29.2 Å². The first kappa shape index (κ1) is 16.2. The second-order valence-corrected chi connectivity index (χ2v) is 4.90. The molecule has 0 amide bonds. The van der Waals surface area contributed by atoms with Crippen LogP contribution in [0.5, 0.6) is 0 Å². The van der Waals surface area contributed by atoms with E-state index in [0.29, 0.717) is 30.0 Å². The zero-order chi connectivity index (χ0) is 14.3. The molecule has 1 aromatic heterocycles. The molecule has 19 heavy (non-hydrogen) atoms. The number of pyridine rings is 1. The molecule has 1 unspecified atom stereocenters. The van der Waals surface area contributed by atoms with Gasteiger partial charge in [0.2, 0.25) is 0 Å². The lowest BCUT2D eigenvalue weighted by Gasteiger charge is -2.28. The molecule has 0 saturated carbocycles. The monoisotopic (exact) mass is 286 g/mol. The SMILES string of the molecule is CCC(C)N(CCOC)Cc1nc(NN)ccc1Cl. The lowest BCUT2D eigenvalue weighted by Crippen LogP contribution is -2.35. The van der Waals surface area contributed by atoms with E-state index in [0.717, 1.165) is 18.7 Å². The highest BCUT2D eigenvalue weighted by molar-refractivity contribution is 6.31. The first-order chi connectivity index (χ1) is 9.12. The Morgan fingerprint density at radius 2 is 2.26 bits per heavy atom. The van der Waals surface area contributed by atoms with Gasteiger partial charge in [0.15, 0.2) is 0 Å². The number of methoxy groups -OCH3 is 1. The summed E-state index contributed by atoms with van der Waals surface area (Å²) in [5.41, 5.74) is 3.37. The van der Waals surface area contributed by atoms with Crippen LogP contribution in [0, 0.1) is 0 Å². The van der Waals surface area contributed by atoms with Gasteiger partial charge in [0.05, 0.1) is 17.3 Å². The van der Waals surface area contributed by atoms with Crippen molar-refractivity contribution >= 4 is 17.4 Å². The van der Waals surface area contributed by atoms with Crippen LogP contribution in [0.25, 0.3) is 0 Å². The lowest BCUT2D eigenvalue weighted by molar-refractivity contribution is 0.117. The Hall–Kier alpha value is -0.880. The van der Waals surface area contributed by atoms with Crippen molar-refractivity contribution in [1.29, 1.82) is 0 Å². The van der Waals surface area contributed by atoms with Gasteiger partial charge in [0.25, 0.3) is 0 Å². The van der Waals surface area contributed by atoms with Crippen LogP contribution in [-0.2, 0) is 11.3 Å². The lowest BCUT2D eigenvalue weighted by atomic mass is 10.2. The molecule has 1 atom stereocenters. The standard InChI is InChI=1S/C13H23ClN4O/c1-4-10(2)18(7-8-19-3)9-12-11(14)5-6-13(16-12)17-15/h5-6,10H,4,7-9,15H2,1-3H3,(H,16,17). The van der Waals surface area contributed by atoms with Crippen LogP contribution in [0.1, 0.15) is 26.0 Å². The third kappa shape index (κ3) is 4.95. The van der Waals surface area contributed by atoms with Crippen molar-refractivity contribution in [3.05, 3.63) is 22.8 Å². The Bertz CT molecular complexity index is 389. The summed E-state index contributed by atoms with van der Waals surface area (Å²) in [4.78, 5) is 6.71. The number of anilines is 1. The van der Waals surface area contributed by atoms with E-state index in [9.17, 15) is 0 Å². The van der Waals surface area contributed by atoms with Crippen molar-refractivity contribution in [2.75, 3.05) is 25.7 Å². The fourth-order valence-electron chi connectivity index (χ4n) is 1.79. The molecule has 108 valence electrons. The van der Waals surface area contributed by atoms with Crippen LogP contribution in [0.15, 0.2) is 12.1 Å². The van der Waals surface area contributed by atoms with Gasteiger partial charge in [-0.15, -0.1) is 0 Å². The van der Waals surface area contributed by atoms with E-state index >= 15 is 0 Å². The Morgan fingerprint density at radius 1 is 1.53 bits per heavy atom. The molecule has 0 aliphatic heterocycles. The molecule has 3 N–H and O–H groups in total.